The van der Waals surface area contributed by atoms with Crippen molar-refractivity contribution in [2.24, 2.45) is 25.4 Å². The molecule has 5 aromatic rings. The van der Waals surface area contributed by atoms with Gasteiger partial charge in [0.15, 0.2) is 12.4 Å². The quantitative estimate of drug-likeness (QED) is 0.195. The molecule has 4 fully saturated rings. The van der Waals surface area contributed by atoms with E-state index in [-0.39, 0.29) is 46.9 Å². The maximum Gasteiger partial charge on any atom is 0.301 e. The minimum Gasteiger partial charge on any atom is -0.480 e. The highest BCUT2D eigenvalue weighted by Gasteiger charge is 2.51. The number of halogens is 3. The molecular formula is C41H41ClF2N10O5. The van der Waals surface area contributed by atoms with Gasteiger partial charge in [-0.15, -0.1) is 0 Å². The Morgan fingerprint density at radius 1 is 1.00 bits per heavy atom. The number of aryl methyl sites for hydroxylation is 2. The molecule has 3 aromatic heterocycles. The molecule has 306 valence electrons. The topological polar surface area (TPSA) is 169 Å². The van der Waals surface area contributed by atoms with Crippen molar-refractivity contribution in [2.75, 3.05) is 48.3 Å². The molecule has 10 rings (SSSR count). The standard InChI is InChI=1S/C41H41ClF2N10O5/c1-51-28-9-6-23(16-26(28)32-33(38(51)58)59-20-41(43,44)34(48-32)21-3-4-21)46-35-27(42)17-45-39(49-35)54-18-40(19-54)11-13-53(14-12-40)37(57)22-5-7-24-29(15-22)52(2)50-31(24)25-8-10-30(55)47-36(25)56/h5-7,9,15-17,21,25,34,48H,3-4,8,10-14,18-20H2,1-2H3,(H,45,46,49)(H,47,55,56). The number of aromatic nitrogens is 5. The van der Waals surface area contributed by atoms with E-state index in [4.69, 9.17) is 21.3 Å². The molecule has 1 spiro atoms. The molecule has 2 atom stereocenters. The second-order valence-corrected chi connectivity index (χ2v) is 17.1. The third kappa shape index (κ3) is 6.40. The van der Waals surface area contributed by atoms with Gasteiger partial charge in [0.25, 0.3) is 11.5 Å². The molecule has 3 saturated heterocycles. The number of likely N-dealkylation sites (tertiary alicyclic amines) is 1. The lowest BCUT2D eigenvalue weighted by Gasteiger charge is -2.54. The number of nitrogens with one attached hydrogen (secondary N) is 3. The molecule has 18 heteroatoms. The number of carbonyl (C=O) groups is 3. The van der Waals surface area contributed by atoms with Gasteiger partial charge in [-0.2, -0.15) is 10.1 Å². The number of hydrogen-bond donors (Lipinski definition) is 3. The zero-order chi connectivity index (χ0) is 41.0. The van der Waals surface area contributed by atoms with Crippen molar-refractivity contribution in [3.8, 4) is 5.75 Å². The third-order valence-corrected chi connectivity index (χ3v) is 13.0. The maximum atomic E-state index is 15.1. The van der Waals surface area contributed by atoms with Gasteiger partial charge in [-0.1, -0.05) is 17.7 Å². The number of anilines is 4. The van der Waals surface area contributed by atoms with Gasteiger partial charge in [0.05, 0.1) is 40.6 Å². The van der Waals surface area contributed by atoms with Crippen molar-refractivity contribution in [2.45, 2.75) is 56.4 Å². The molecule has 5 aliphatic rings. The largest absolute Gasteiger partial charge is 0.480 e. The number of fused-ring (bicyclic) bond motifs is 4. The lowest BCUT2D eigenvalue weighted by molar-refractivity contribution is -0.134. The number of nitrogens with zero attached hydrogens (tertiary/aromatic N) is 7. The first-order valence-electron chi connectivity index (χ1n) is 19.9. The van der Waals surface area contributed by atoms with Crippen LogP contribution in [0.5, 0.6) is 5.75 Å². The van der Waals surface area contributed by atoms with E-state index in [2.05, 4.69) is 30.9 Å². The first-order valence-corrected chi connectivity index (χ1v) is 20.2. The van der Waals surface area contributed by atoms with E-state index in [1.165, 1.54) is 4.57 Å². The van der Waals surface area contributed by atoms with Crippen LogP contribution < -0.4 is 31.1 Å². The Bertz CT molecular complexity index is 2660. The second kappa shape index (κ2) is 13.6. The smallest absolute Gasteiger partial charge is 0.301 e. The molecular weight excluding hydrogens is 786 g/mol. The van der Waals surface area contributed by atoms with Gasteiger partial charge in [-0.25, -0.2) is 13.8 Å². The van der Waals surface area contributed by atoms with Gasteiger partial charge in [-0.3, -0.25) is 29.2 Å². The van der Waals surface area contributed by atoms with Gasteiger partial charge < -0.3 is 29.7 Å². The van der Waals surface area contributed by atoms with E-state index >= 15 is 8.78 Å². The molecule has 7 heterocycles. The third-order valence-electron chi connectivity index (χ3n) is 12.7. The van der Waals surface area contributed by atoms with Crippen molar-refractivity contribution in [1.82, 2.24) is 34.5 Å². The summed E-state index contributed by atoms with van der Waals surface area (Å²) >= 11 is 6.60. The maximum absolute atomic E-state index is 15.1. The van der Waals surface area contributed by atoms with Gasteiger partial charge >= 0.3 is 5.92 Å². The average molecular weight is 827 g/mol. The van der Waals surface area contributed by atoms with Crippen LogP contribution in [0, 0.1) is 11.3 Å². The number of piperidine rings is 2. The number of alkyl halides is 2. The van der Waals surface area contributed by atoms with Crippen LogP contribution in [0.4, 0.5) is 31.9 Å². The fourth-order valence-electron chi connectivity index (χ4n) is 9.24. The SMILES string of the molecule is Cn1nc(C2CCC(=O)NC2=O)c2ccc(C(=O)N3CCC4(CC3)CN(c3ncc(Cl)c(Nc5ccc6c(c5)c5c(c(=O)n6C)OCC(F)(F)C(C6CC6)N5)n3)C4)cc21. The minimum absolute atomic E-state index is 0.00646. The van der Waals surface area contributed by atoms with Crippen molar-refractivity contribution < 1.29 is 27.9 Å². The number of rotatable bonds is 6. The zero-order valence-electron chi connectivity index (χ0n) is 32.4. The van der Waals surface area contributed by atoms with Crippen LogP contribution in [0.15, 0.2) is 47.4 Å². The monoisotopic (exact) mass is 826 g/mol. The Morgan fingerprint density at radius 2 is 1.78 bits per heavy atom. The summed E-state index contributed by atoms with van der Waals surface area (Å²) in [4.78, 5) is 64.5. The molecule has 15 nitrogen and oxygen atoms in total. The summed E-state index contributed by atoms with van der Waals surface area (Å²) in [6, 6.07) is 9.61. The number of carbonyl (C=O) groups excluding carboxylic acids is 3. The summed E-state index contributed by atoms with van der Waals surface area (Å²) in [5.41, 5.74) is 2.81. The Kier molecular flexibility index (Phi) is 8.63. The number of amides is 3. The van der Waals surface area contributed by atoms with Crippen LogP contribution in [-0.2, 0) is 23.7 Å². The summed E-state index contributed by atoms with van der Waals surface area (Å²) in [6.45, 7) is 1.76. The zero-order valence-corrected chi connectivity index (χ0v) is 33.1. The van der Waals surface area contributed by atoms with Crippen molar-refractivity contribution >= 4 is 74.3 Å². The predicted octanol–water partition coefficient (Wildman–Crippen LogP) is 5.09. The molecule has 1 saturated carbocycles. The fourth-order valence-corrected chi connectivity index (χ4v) is 9.38. The Balaban J connectivity index is 0.813. The molecule has 3 N–H and O–H groups in total. The van der Waals surface area contributed by atoms with Crippen LogP contribution in [-0.4, -0.2) is 91.7 Å². The van der Waals surface area contributed by atoms with Crippen LogP contribution in [0.3, 0.4) is 0 Å². The number of pyridine rings is 1. The van der Waals surface area contributed by atoms with Crippen molar-refractivity contribution in [1.29, 1.82) is 0 Å². The summed E-state index contributed by atoms with van der Waals surface area (Å²) in [7, 11) is 3.37. The van der Waals surface area contributed by atoms with Gasteiger partial charge in [0, 0.05) is 74.1 Å². The van der Waals surface area contributed by atoms with E-state index in [0.29, 0.717) is 77.0 Å². The van der Waals surface area contributed by atoms with E-state index < -0.39 is 30.0 Å². The highest BCUT2D eigenvalue weighted by atomic mass is 35.5. The van der Waals surface area contributed by atoms with Crippen molar-refractivity contribution in [3.05, 3.63) is 69.2 Å². The van der Waals surface area contributed by atoms with Gasteiger partial charge in [0.1, 0.15) is 5.02 Å². The Morgan fingerprint density at radius 3 is 2.53 bits per heavy atom. The number of imide groups is 1. The van der Waals surface area contributed by atoms with Gasteiger partial charge in [0.2, 0.25) is 23.5 Å². The number of hydrogen-bond acceptors (Lipinski definition) is 11. The minimum atomic E-state index is -3.15. The first kappa shape index (κ1) is 37.4. The van der Waals surface area contributed by atoms with Crippen LogP contribution in [0.2, 0.25) is 5.02 Å². The van der Waals surface area contributed by atoms with E-state index in [0.717, 1.165) is 36.8 Å². The lowest BCUT2D eigenvalue weighted by atomic mass is 9.72. The molecule has 59 heavy (non-hydrogen) atoms. The van der Waals surface area contributed by atoms with Gasteiger partial charge in [-0.05, 0) is 68.4 Å². The molecule has 3 amide bonds. The predicted molar refractivity (Wildman–Crippen MR) is 216 cm³/mol. The summed E-state index contributed by atoms with van der Waals surface area (Å²) in [6.07, 6.45) is 5.20. The highest BCUT2D eigenvalue weighted by molar-refractivity contribution is 6.33. The van der Waals surface area contributed by atoms with E-state index in [9.17, 15) is 19.2 Å². The molecule has 2 unspecified atom stereocenters. The Labute approximate surface area is 341 Å². The summed E-state index contributed by atoms with van der Waals surface area (Å²) < 4.78 is 38.9. The summed E-state index contributed by atoms with van der Waals surface area (Å²) in [5.74, 6) is -3.81. The number of ether oxygens (including phenoxy) is 1. The van der Waals surface area contributed by atoms with Crippen LogP contribution in [0.25, 0.3) is 21.8 Å². The highest BCUT2D eigenvalue weighted by Crippen LogP contribution is 2.46. The van der Waals surface area contributed by atoms with Crippen LogP contribution >= 0.6 is 11.6 Å². The molecule has 0 bridgehead atoms. The van der Waals surface area contributed by atoms with E-state index in [1.807, 2.05) is 17.0 Å². The molecule has 0 radical (unpaired) electrons. The normalized spacial score (nSPS) is 22.3. The van der Waals surface area contributed by atoms with E-state index in [1.54, 1.807) is 49.2 Å². The molecule has 2 aromatic carbocycles. The molecule has 1 aliphatic carbocycles. The fraction of sp³-hybridized carbons (Fsp3) is 0.439. The number of benzene rings is 2. The Hall–Kier alpha value is -5.84. The first-order chi connectivity index (χ1) is 28.3. The summed E-state index contributed by atoms with van der Waals surface area (Å²) in [5, 5.41) is 14.9. The van der Waals surface area contributed by atoms with Crippen molar-refractivity contribution in [3.63, 3.8) is 0 Å². The molecule has 4 aliphatic heterocycles. The second-order valence-electron chi connectivity index (χ2n) is 16.7. The lowest BCUT2D eigenvalue weighted by Crippen LogP contribution is -2.61. The van der Waals surface area contributed by atoms with Crippen LogP contribution in [0.1, 0.15) is 60.5 Å². The average Bonchev–Trinajstić information content (AvgIpc) is 4.01.